The lowest BCUT2D eigenvalue weighted by molar-refractivity contribution is 0.0907. The topological polar surface area (TPSA) is 48.3 Å². The first-order valence-corrected chi connectivity index (χ1v) is 8.96. The van der Waals surface area contributed by atoms with Gasteiger partial charge in [0.05, 0.1) is 19.4 Å². The van der Waals surface area contributed by atoms with Crippen LogP contribution >= 0.6 is 0 Å². The average molecular weight is 341 g/mol. The fourth-order valence-electron chi connectivity index (χ4n) is 3.25. The normalized spacial score (nSPS) is 20.4. The first-order chi connectivity index (χ1) is 12.3. The molecule has 1 aliphatic heterocycles. The summed E-state index contributed by atoms with van der Waals surface area (Å²) < 4.78 is 13.3. The molecule has 5 nitrogen and oxygen atoms in total. The zero-order chi connectivity index (χ0) is 17.5. The van der Waals surface area contributed by atoms with Crippen molar-refractivity contribution in [3.8, 4) is 5.75 Å². The zero-order valence-corrected chi connectivity index (χ0v) is 15.0. The van der Waals surface area contributed by atoms with Gasteiger partial charge in [-0.05, 0) is 19.4 Å². The van der Waals surface area contributed by atoms with E-state index >= 15 is 0 Å². The fraction of sp³-hybridized carbons (Fsp3) is 0.450. The Hall–Kier alpha value is -2.11. The Labute approximate surface area is 149 Å². The number of aryl methyl sites for hydroxylation is 1. The molecule has 0 amide bonds. The molecular weight excluding hydrogens is 314 g/mol. The first-order valence-electron chi connectivity index (χ1n) is 8.96. The molecule has 0 aliphatic carbocycles. The molecule has 1 aliphatic rings. The van der Waals surface area contributed by atoms with Crippen LogP contribution in [0.1, 0.15) is 30.6 Å². The van der Waals surface area contributed by atoms with Crippen LogP contribution < -0.4 is 10.1 Å². The molecule has 2 atom stereocenters. The second kappa shape index (κ2) is 8.83. The molecule has 2 heterocycles. The zero-order valence-electron chi connectivity index (χ0n) is 15.0. The van der Waals surface area contributed by atoms with Crippen LogP contribution in [0, 0.1) is 5.92 Å². The minimum atomic E-state index is 0.158. The maximum atomic E-state index is 5.94. The molecule has 1 saturated heterocycles. The Morgan fingerprint density at radius 1 is 1.40 bits per heavy atom. The van der Waals surface area contributed by atoms with Crippen molar-refractivity contribution < 1.29 is 9.47 Å². The average Bonchev–Trinajstić information content (AvgIpc) is 3.30. The summed E-state index contributed by atoms with van der Waals surface area (Å²) in [7, 11) is 1.70. The third-order valence-electron chi connectivity index (χ3n) is 4.62. The SMILES string of the molecule is CCn1cc(C2OCCC2CNC/C=C/c2ccccc2OC)cn1. The molecule has 134 valence electrons. The second-order valence-corrected chi connectivity index (χ2v) is 6.27. The maximum Gasteiger partial charge on any atom is 0.126 e. The van der Waals surface area contributed by atoms with Gasteiger partial charge >= 0.3 is 0 Å². The lowest BCUT2D eigenvalue weighted by Crippen LogP contribution is -2.24. The van der Waals surface area contributed by atoms with Crippen molar-refractivity contribution in [1.29, 1.82) is 0 Å². The molecule has 0 radical (unpaired) electrons. The van der Waals surface area contributed by atoms with E-state index in [9.17, 15) is 0 Å². The van der Waals surface area contributed by atoms with Crippen molar-refractivity contribution >= 4 is 6.08 Å². The van der Waals surface area contributed by atoms with Crippen molar-refractivity contribution in [1.82, 2.24) is 15.1 Å². The molecule has 0 bridgehead atoms. The summed E-state index contributed by atoms with van der Waals surface area (Å²) in [5.74, 6) is 1.39. The van der Waals surface area contributed by atoms with Crippen LogP contribution in [-0.4, -0.2) is 36.6 Å². The van der Waals surface area contributed by atoms with Crippen molar-refractivity contribution in [3.05, 3.63) is 53.9 Å². The van der Waals surface area contributed by atoms with Gasteiger partial charge in [0.25, 0.3) is 0 Å². The summed E-state index contributed by atoms with van der Waals surface area (Å²) in [5.41, 5.74) is 2.29. The van der Waals surface area contributed by atoms with E-state index < -0.39 is 0 Å². The van der Waals surface area contributed by atoms with Gasteiger partial charge in [-0.15, -0.1) is 0 Å². The molecule has 25 heavy (non-hydrogen) atoms. The largest absolute Gasteiger partial charge is 0.496 e. The van der Waals surface area contributed by atoms with E-state index in [0.717, 1.165) is 44.0 Å². The number of hydrogen-bond acceptors (Lipinski definition) is 4. The number of rotatable bonds is 8. The number of ether oxygens (including phenoxy) is 2. The summed E-state index contributed by atoms with van der Waals surface area (Å²) in [5, 5.41) is 7.89. The highest BCUT2D eigenvalue weighted by Gasteiger charge is 2.30. The Morgan fingerprint density at radius 2 is 2.28 bits per heavy atom. The van der Waals surface area contributed by atoms with Crippen LogP contribution in [0.15, 0.2) is 42.7 Å². The minimum absolute atomic E-state index is 0.158. The molecule has 1 aromatic carbocycles. The van der Waals surface area contributed by atoms with Crippen LogP contribution in [0.4, 0.5) is 0 Å². The van der Waals surface area contributed by atoms with Crippen LogP contribution in [-0.2, 0) is 11.3 Å². The maximum absolute atomic E-state index is 5.94. The Bertz CT molecular complexity index is 696. The highest BCUT2D eigenvalue weighted by molar-refractivity contribution is 5.57. The fourth-order valence-corrected chi connectivity index (χ4v) is 3.25. The van der Waals surface area contributed by atoms with E-state index in [1.165, 1.54) is 5.56 Å². The summed E-state index contributed by atoms with van der Waals surface area (Å²) in [4.78, 5) is 0. The van der Waals surface area contributed by atoms with Gasteiger partial charge in [-0.25, -0.2) is 0 Å². The lowest BCUT2D eigenvalue weighted by Gasteiger charge is -2.17. The van der Waals surface area contributed by atoms with E-state index in [4.69, 9.17) is 9.47 Å². The number of aromatic nitrogens is 2. The first kappa shape index (κ1) is 17.7. The van der Waals surface area contributed by atoms with Gasteiger partial charge in [-0.3, -0.25) is 4.68 Å². The molecule has 1 aromatic heterocycles. The molecule has 0 spiro atoms. The van der Waals surface area contributed by atoms with E-state index in [-0.39, 0.29) is 6.10 Å². The van der Waals surface area contributed by atoms with Gasteiger partial charge in [0.15, 0.2) is 0 Å². The van der Waals surface area contributed by atoms with E-state index in [2.05, 4.69) is 41.8 Å². The molecule has 1 N–H and O–H groups in total. The van der Waals surface area contributed by atoms with Crippen molar-refractivity contribution in [2.75, 3.05) is 26.8 Å². The summed E-state index contributed by atoms with van der Waals surface area (Å²) in [6, 6.07) is 8.04. The predicted molar refractivity (Wildman–Crippen MR) is 99.6 cm³/mol. The molecular formula is C20H27N3O2. The van der Waals surface area contributed by atoms with Gasteiger partial charge in [-0.1, -0.05) is 30.4 Å². The second-order valence-electron chi connectivity index (χ2n) is 6.27. The third kappa shape index (κ3) is 4.50. The summed E-state index contributed by atoms with van der Waals surface area (Å²) in [6.07, 6.45) is 9.52. The molecule has 5 heteroatoms. The van der Waals surface area contributed by atoms with Gasteiger partial charge in [0, 0.05) is 49.5 Å². The Morgan fingerprint density at radius 3 is 3.08 bits per heavy atom. The van der Waals surface area contributed by atoms with Crippen molar-refractivity contribution in [3.63, 3.8) is 0 Å². The molecule has 2 unspecified atom stereocenters. The monoisotopic (exact) mass is 341 g/mol. The van der Waals surface area contributed by atoms with Gasteiger partial charge in [-0.2, -0.15) is 5.10 Å². The third-order valence-corrected chi connectivity index (χ3v) is 4.62. The smallest absolute Gasteiger partial charge is 0.126 e. The Kier molecular flexibility index (Phi) is 6.25. The molecule has 0 saturated carbocycles. The van der Waals surface area contributed by atoms with Crippen molar-refractivity contribution in [2.45, 2.75) is 26.0 Å². The van der Waals surface area contributed by atoms with Crippen LogP contribution in [0.25, 0.3) is 6.08 Å². The number of nitrogens with zero attached hydrogens (tertiary/aromatic N) is 2. The van der Waals surface area contributed by atoms with Crippen LogP contribution in [0.2, 0.25) is 0 Å². The van der Waals surface area contributed by atoms with Crippen molar-refractivity contribution in [2.24, 2.45) is 5.92 Å². The quantitative estimate of drug-likeness (QED) is 0.749. The number of nitrogens with one attached hydrogen (secondary N) is 1. The summed E-state index contributed by atoms with van der Waals surface area (Å²) >= 11 is 0. The predicted octanol–water partition coefficient (Wildman–Crippen LogP) is 3.29. The van der Waals surface area contributed by atoms with E-state index in [1.807, 2.05) is 29.1 Å². The minimum Gasteiger partial charge on any atom is -0.496 e. The van der Waals surface area contributed by atoms with Gasteiger partial charge in [0.1, 0.15) is 5.75 Å². The summed E-state index contributed by atoms with van der Waals surface area (Å²) in [6.45, 7) is 5.59. The van der Waals surface area contributed by atoms with E-state index in [1.54, 1.807) is 7.11 Å². The number of hydrogen-bond donors (Lipinski definition) is 1. The standard InChI is InChI=1S/C20H27N3O2/c1-3-23-15-18(14-22-23)20-17(10-12-25-20)13-21-11-6-8-16-7-4-5-9-19(16)24-2/h4-9,14-15,17,20-21H,3,10-13H2,1-2H3/b8-6+. The highest BCUT2D eigenvalue weighted by Crippen LogP contribution is 2.33. The van der Waals surface area contributed by atoms with Crippen LogP contribution in [0.3, 0.4) is 0 Å². The molecule has 2 aromatic rings. The molecule has 1 fully saturated rings. The number of methoxy groups -OCH3 is 1. The Balaban J connectivity index is 1.49. The highest BCUT2D eigenvalue weighted by atomic mass is 16.5. The lowest BCUT2D eigenvalue weighted by atomic mass is 9.97. The number of benzene rings is 1. The van der Waals surface area contributed by atoms with Gasteiger partial charge in [0.2, 0.25) is 0 Å². The van der Waals surface area contributed by atoms with Crippen LogP contribution in [0.5, 0.6) is 5.75 Å². The number of para-hydroxylation sites is 1. The van der Waals surface area contributed by atoms with E-state index in [0.29, 0.717) is 5.92 Å². The molecule has 3 rings (SSSR count). The van der Waals surface area contributed by atoms with Gasteiger partial charge < -0.3 is 14.8 Å².